The highest BCUT2D eigenvalue weighted by atomic mass is 35.5. The molecule has 1 aromatic rings. The van der Waals surface area contributed by atoms with E-state index in [-0.39, 0.29) is 6.04 Å². The van der Waals surface area contributed by atoms with Crippen molar-refractivity contribution in [3.05, 3.63) is 28.8 Å². The molecule has 0 bridgehead atoms. The van der Waals surface area contributed by atoms with Crippen molar-refractivity contribution >= 4 is 11.6 Å². The molecule has 3 atom stereocenters. The van der Waals surface area contributed by atoms with Crippen LogP contribution in [0.5, 0.6) is 5.75 Å². The predicted molar refractivity (Wildman–Crippen MR) is 62.5 cm³/mol. The Morgan fingerprint density at radius 2 is 2.27 bits per heavy atom. The molecule has 0 aliphatic heterocycles. The number of benzene rings is 1. The lowest BCUT2D eigenvalue weighted by Crippen LogP contribution is -2.17. The first-order chi connectivity index (χ1) is 7.13. The van der Waals surface area contributed by atoms with Gasteiger partial charge in [0.2, 0.25) is 0 Å². The van der Waals surface area contributed by atoms with Gasteiger partial charge in [-0.1, -0.05) is 17.7 Å². The lowest BCUT2D eigenvalue weighted by molar-refractivity contribution is 0.415. The SMILES string of the molecule is COc1ccc(C2CC2C(C)N)cc1Cl. The van der Waals surface area contributed by atoms with E-state index in [1.165, 1.54) is 12.0 Å². The van der Waals surface area contributed by atoms with Gasteiger partial charge in [-0.2, -0.15) is 0 Å². The molecule has 1 aromatic carbocycles. The second-order valence-corrected chi connectivity index (χ2v) is 4.67. The largest absolute Gasteiger partial charge is 0.495 e. The topological polar surface area (TPSA) is 35.2 Å². The second kappa shape index (κ2) is 4.03. The smallest absolute Gasteiger partial charge is 0.137 e. The van der Waals surface area contributed by atoms with Crippen LogP contribution in [0, 0.1) is 5.92 Å². The summed E-state index contributed by atoms with van der Waals surface area (Å²) in [5.74, 6) is 1.95. The van der Waals surface area contributed by atoms with Crippen molar-refractivity contribution in [3.63, 3.8) is 0 Å². The molecule has 82 valence electrons. The lowest BCUT2D eigenvalue weighted by Gasteiger charge is -2.07. The maximum atomic E-state index is 6.07. The van der Waals surface area contributed by atoms with Crippen LogP contribution in [0.3, 0.4) is 0 Å². The molecule has 0 saturated heterocycles. The number of hydrogen-bond donors (Lipinski definition) is 1. The van der Waals surface area contributed by atoms with Crippen molar-refractivity contribution in [1.29, 1.82) is 0 Å². The third kappa shape index (κ3) is 2.11. The number of methoxy groups -OCH3 is 1. The summed E-state index contributed by atoms with van der Waals surface area (Å²) < 4.78 is 5.12. The van der Waals surface area contributed by atoms with Crippen molar-refractivity contribution in [2.24, 2.45) is 11.7 Å². The zero-order valence-corrected chi connectivity index (χ0v) is 9.79. The summed E-state index contributed by atoms with van der Waals surface area (Å²) in [4.78, 5) is 0. The summed E-state index contributed by atoms with van der Waals surface area (Å²) in [6.07, 6.45) is 1.18. The van der Waals surface area contributed by atoms with Crippen molar-refractivity contribution in [2.75, 3.05) is 7.11 Å². The van der Waals surface area contributed by atoms with E-state index in [0.717, 1.165) is 5.75 Å². The molecule has 2 N–H and O–H groups in total. The average molecular weight is 226 g/mol. The van der Waals surface area contributed by atoms with Crippen LogP contribution in [0.15, 0.2) is 18.2 Å². The highest BCUT2D eigenvalue weighted by Gasteiger charge is 2.40. The Morgan fingerprint density at radius 3 is 2.73 bits per heavy atom. The van der Waals surface area contributed by atoms with Gasteiger partial charge in [0.05, 0.1) is 12.1 Å². The van der Waals surface area contributed by atoms with E-state index in [2.05, 4.69) is 13.0 Å². The van der Waals surface area contributed by atoms with Crippen LogP contribution in [0.2, 0.25) is 5.02 Å². The van der Waals surface area contributed by atoms with E-state index in [1.54, 1.807) is 7.11 Å². The lowest BCUT2D eigenvalue weighted by atomic mass is 10.1. The van der Waals surface area contributed by atoms with Gasteiger partial charge in [0.25, 0.3) is 0 Å². The number of nitrogens with two attached hydrogens (primary N) is 1. The molecule has 1 fully saturated rings. The Bertz CT molecular complexity index is 365. The summed E-state index contributed by atoms with van der Waals surface area (Å²) in [5.41, 5.74) is 7.14. The summed E-state index contributed by atoms with van der Waals surface area (Å²) in [7, 11) is 1.63. The van der Waals surface area contributed by atoms with Gasteiger partial charge < -0.3 is 10.5 Å². The molecule has 1 aliphatic rings. The van der Waals surface area contributed by atoms with Crippen LogP contribution in [0.1, 0.15) is 24.8 Å². The van der Waals surface area contributed by atoms with Gasteiger partial charge in [-0.15, -0.1) is 0 Å². The van der Waals surface area contributed by atoms with Crippen LogP contribution in [-0.4, -0.2) is 13.2 Å². The molecular formula is C12H16ClNO. The summed E-state index contributed by atoms with van der Waals surface area (Å²) >= 11 is 6.07. The predicted octanol–water partition coefficient (Wildman–Crippen LogP) is 2.80. The molecule has 3 unspecified atom stereocenters. The van der Waals surface area contributed by atoms with Crippen LogP contribution < -0.4 is 10.5 Å². The Balaban J connectivity index is 2.15. The average Bonchev–Trinajstić information content (AvgIpc) is 2.97. The zero-order valence-electron chi connectivity index (χ0n) is 9.03. The molecule has 2 rings (SSSR count). The normalized spacial score (nSPS) is 26.1. The van der Waals surface area contributed by atoms with Crippen LogP contribution in [0.4, 0.5) is 0 Å². The third-order valence-electron chi connectivity index (χ3n) is 3.12. The van der Waals surface area contributed by atoms with Crippen molar-refractivity contribution in [2.45, 2.75) is 25.3 Å². The Kier molecular flexibility index (Phi) is 2.89. The molecule has 0 aromatic heterocycles. The molecular weight excluding hydrogens is 210 g/mol. The summed E-state index contributed by atoms with van der Waals surface area (Å²) in [5, 5.41) is 0.685. The first kappa shape index (κ1) is 10.8. The molecule has 0 amide bonds. The van der Waals surface area contributed by atoms with Gasteiger partial charge in [0, 0.05) is 6.04 Å². The van der Waals surface area contributed by atoms with Gasteiger partial charge in [0.1, 0.15) is 5.75 Å². The van der Waals surface area contributed by atoms with Crippen LogP contribution in [-0.2, 0) is 0 Å². The molecule has 0 heterocycles. The van der Waals surface area contributed by atoms with E-state index in [1.807, 2.05) is 12.1 Å². The molecule has 1 aliphatic carbocycles. The minimum absolute atomic E-state index is 0.274. The van der Waals surface area contributed by atoms with Gasteiger partial charge in [-0.3, -0.25) is 0 Å². The van der Waals surface area contributed by atoms with Gasteiger partial charge >= 0.3 is 0 Å². The summed E-state index contributed by atoms with van der Waals surface area (Å²) in [6.45, 7) is 2.07. The maximum absolute atomic E-state index is 6.07. The molecule has 15 heavy (non-hydrogen) atoms. The number of halogens is 1. The molecule has 1 saturated carbocycles. The second-order valence-electron chi connectivity index (χ2n) is 4.26. The number of hydrogen-bond acceptors (Lipinski definition) is 2. The highest BCUT2D eigenvalue weighted by molar-refractivity contribution is 6.32. The van der Waals surface area contributed by atoms with Gasteiger partial charge in [-0.25, -0.2) is 0 Å². The first-order valence-corrected chi connectivity index (χ1v) is 5.60. The minimum atomic E-state index is 0.274. The molecule has 3 heteroatoms. The Labute approximate surface area is 95.4 Å². The monoisotopic (exact) mass is 225 g/mol. The quantitative estimate of drug-likeness (QED) is 0.859. The fraction of sp³-hybridized carbons (Fsp3) is 0.500. The van der Waals surface area contributed by atoms with E-state index in [4.69, 9.17) is 22.1 Å². The van der Waals surface area contributed by atoms with Gasteiger partial charge in [0.15, 0.2) is 0 Å². The van der Waals surface area contributed by atoms with Crippen LogP contribution >= 0.6 is 11.6 Å². The van der Waals surface area contributed by atoms with Crippen molar-refractivity contribution in [3.8, 4) is 5.75 Å². The number of ether oxygens (including phenoxy) is 1. The molecule has 0 radical (unpaired) electrons. The van der Waals surface area contributed by atoms with Gasteiger partial charge in [-0.05, 0) is 42.9 Å². The number of rotatable bonds is 3. The van der Waals surface area contributed by atoms with E-state index in [0.29, 0.717) is 16.9 Å². The third-order valence-corrected chi connectivity index (χ3v) is 3.41. The highest BCUT2D eigenvalue weighted by Crippen LogP contribution is 2.49. The minimum Gasteiger partial charge on any atom is -0.495 e. The summed E-state index contributed by atoms with van der Waals surface area (Å²) in [6, 6.07) is 6.27. The first-order valence-electron chi connectivity index (χ1n) is 5.22. The van der Waals surface area contributed by atoms with E-state index in [9.17, 15) is 0 Å². The Hall–Kier alpha value is -0.730. The van der Waals surface area contributed by atoms with Crippen molar-refractivity contribution < 1.29 is 4.74 Å². The standard InChI is InChI=1S/C12H16ClNO/c1-7(14)9-6-10(9)8-3-4-12(15-2)11(13)5-8/h3-5,7,9-10H,6,14H2,1-2H3. The molecule has 0 spiro atoms. The molecule has 2 nitrogen and oxygen atoms in total. The van der Waals surface area contributed by atoms with E-state index < -0.39 is 0 Å². The van der Waals surface area contributed by atoms with Crippen molar-refractivity contribution in [1.82, 2.24) is 0 Å². The Morgan fingerprint density at radius 1 is 1.53 bits per heavy atom. The maximum Gasteiger partial charge on any atom is 0.137 e. The zero-order chi connectivity index (χ0) is 11.0. The fourth-order valence-electron chi connectivity index (χ4n) is 2.09. The van der Waals surface area contributed by atoms with Crippen LogP contribution in [0.25, 0.3) is 0 Å². The van der Waals surface area contributed by atoms with E-state index >= 15 is 0 Å². The fourth-order valence-corrected chi connectivity index (χ4v) is 2.36.